The molecule has 1 amide bonds. The summed E-state index contributed by atoms with van der Waals surface area (Å²) in [6.07, 6.45) is 6.34. The van der Waals surface area contributed by atoms with Gasteiger partial charge in [0.05, 0.1) is 12.8 Å². The van der Waals surface area contributed by atoms with Crippen molar-refractivity contribution in [1.82, 2.24) is 15.5 Å². The summed E-state index contributed by atoms with van der Waals surface area (Å²) in [5, 5.41) is 11.1. The number of rotatable bonds is 5. The molecule has 6 heteroatoms. The summed E-state index contributed by atoms with van der Waals surface area (Å²) in [4.78, 5) is 14.4. The number of nitrogens with one attached hydrogen (secondary N) is 1. The zero-order valence-corrected chi connectivity index (χ0v) is 13.4. The van der Waals surface area contributed by atoms with E-state index in [-0.39, 0.29) is 5.91 Å². The van der Waals surface area contributed by atoms with Crippen LogP contribution in [0.2, 0.25) is 0 Å². The predicted octanol–water partition coefficient (Wildman–Crippen LogP) is 2.77. The van der Waals surface area contributed by atoms with Crippen LogP contribution in [0.5, 0.6) is 0 Å². The number of anilines is 1. The molecule has 0 radical (unpaired) electrons. The summed E-state index contributed by atoms with van der Waals surface area (Å²) >= 11 is 0. The van der Waals surface area contributed by atoms with Crippen LogP contribution in [0.3, 0.4) is 0 Å². The molecule has 1 aliphatic heterocycles. The van der Waals surface area contributed by atoms with Gasteiger partial charge in [0.25, 0.3) is 5.91 Å². The predicted molar refractivity (Wildman–Crippen MR) is 87.2 cm³/mol. The molecule has 23 heavy (non-hydrogen) atoms. The van der Waals surface area contributed by atoms with E-state index in [1.54, 1.807) is 18.4 Å². The van der Waals surface area contributed by atoms with Crippen molar-refractivity contribution < 1.29 is 9.21 Å². The molecule has 0 saturated carbocycles. The van der Waals surface area contributed by atoms with Gasteiger partial charge in [-0.2, -0.15) is 0 Å². The fourth-order valence-corrected chi connectivity index (χ4v) is 3.00. The SMILES string of the molecule is CCC1CCCCN1c1ccc(C(=O)NCc2ccco2)nn1. The van der Waals surface area contributed by atoms with Gasteiger partial charge in [0.1, 0.15) is 5.76 Å². The lowest BCUT2D eigenvalue weighted by molar-refractivity contribution is 0.0942. The fourth-order valence-electron chi connectivity index (χ4n) is 3.00. The van der Waals surface area contributed by atoms with Gasteiger partial charge in [0.2, 0.25) is 0 Å². The van der Waals surface area contributed by atoms with Crippen LogP contribution in [0.4, 0.5) is 5.82 Å². The van der Waals surface area contributed by atoms with Crippen molar-refractivity contribution in [3.63, 3.8) is 0 Å². The van der Waals surface area contributed by atoms with E-state index in [0.717, 1.165) is 18.8 Å². The molecule has 122 valence electrons. The molecule has 0 aliphatic carbocycles. The van der Waals surface area contributed by atoms with E-state index < -0.39 is 0 Å². The highest BCUT2D eigenvalue weighted by atomic mass is 16.3. The van der Waals surface area contributed by atoms with Crippen LogP contribution in [-0.4, -0.2) is 28.7 Å². The fraction of sp³-hybridized carbons (Fsp3) is 0.471. The lowest BCUT2D eigenvalue weighted by Crippen LogP contribution is -2.39. The molecule has 1 aliphatic rings. The second-order valence-electron chi connectivity index (χ2n) is 5.79. The van der Waals surface area contributed by atoms with E-state index in [2.05, 4.69) is 27.3 Å². The molecule has 1 unspecified atom stereocenters. The molecule has 3 rings (SSSR count). The van der Waals surface area contributed by atoms with E-state index in [4.69, 9.17) is 4.42 Å². The number of carbonyl (C=O) groups excluding carboxylic acids is 1. The summed E-state index contributed by atoms with van der Waals surface area (Å²) in [7, 11) is 0. The smallest absolute Gasteiger partial charge is 0.272 e. The van der Waals surface area contributed by atoms with Crippen molar-refractivity contribution in [3.8, 4) is 0 Å². The van der Waals surface area contributed by atoms with E-state index in [1.807, 2.05) is 12.1 Å². The molecule has 0 spiro atoms. The number of amides is 1. The molecule has 1 fully saturated rings. The Labute approximate surface area is 135 Å². The maximum atomic E-state index is 12.1. The Morgan fingerprint density at radius 1 is 1.35 bits per heavy atom. The van der Waals surface area contributed by atoms with Gasteiger partial charge in [-0.1, -0.05) is 6.92 Å². The highest BCUT2D eigenvalue weighted by Gasteiger charge is 2.22. The highest BCUT2D eigenvalue weighted by Crippen LogP contribution is 2.24. The second kappa shape index (κ2) is 7.26. The maximum absolute atomic E-state index is 12.1. The number of furan rings is 1. The Morgan fingerprint density at radius 3 is 2.96 bits per heavy atom. The largest absolute Gasteiger partial charge is 0.467 e. The van der Waals surface area contributed by atoms with Crippen LogP contribution in [0.15, 0.2) is 34.9 Å². The van der Waals surface area contributed by atoms with Gasteiger partial charge >= 0.3 is 0 Å². The molecule has 1 atom stereocenters. The Hall–Kier alpha value is -2.37. The van der Waals surface area contributed by atoms with Gasteiger partial charge in [0, 0.05) is 12.6 Å². The van der Waals surface area contributed by atoms with E-state index >= 15 is 0 Å². The van der Waals surface area contributed by atoms with Crippen molar-refractivity contribution in [2.24, 2.45) is 0 Å². The Balaban J connectivity index is 1.63. The maximum Gasteiger partial charge on any atom is 0.272 e. The molecule has 1 N–H and O–H groups in total. The first-order valence-electron chi connectivity index (χ1n) is 8.19. The lowest BCUT2D eigenvalue weighted by Gasteiger charge is -2.35. The summed E-state index contributed by atoms with van der Waals surface area (Å²) in [5.74, 6) is 1.33. The van der Waals surface area contributed by atoms with E-state index in [0.29, 0.717) is 24.0 Å². The molecule has 6 nitrogen and oxygen atoms in total. The number of hydrogen-bond donors (Lipinski definition) is 1. The number of carbonyl (C=O) groups is 1. The molecular weight excluding hydrogens is 292 g/mol. The van der Waals surface area contributed by atoms with Crippen LogP contribution in [0.25, 0.3) is 0 Å². The molecule has 3 heterocycles. The molecule has 0 bridgehead atoms. The van der Waals surface area contributed by atoms with Gasteiger partial charge in [-0.25, -0.2) is 0 Å². The minimum absolute atomic E-state index is 0.244. The van der Waals surface area contributed by atoms with Crippen LogP contribution >= 0.6 is 0 Å². The van der Waals surface area contributed by atoms with Gasteiger partial charge in [-0.3, -0.25) is 4.79 Å². The monoisotopic (exact) mass is 314 g/mol. The average Bonchev–Trinajstić information content (AvgIpc) is 3.13. The van der Waals surface area contributed by atoms with Crippen LogP contribution in [0.1, 0.15) is 48.9 Å². The first-order valence-corrected chi connectivity index (χ1v) is 8.19. The third-order valence-corrected chi connectivity index (χ3v) is 4.28. The van der Waals surface area contributed by atoms with Gasteiger partial charge in [-0.05, 0) is 49.9 Å². The van der Waals surface area contributed by atoms with Gasteiger partial charge < -0.3 is 14.6 Å². The van der Waals surface area contributed by atoms with Crippen molar-refractivity contribution >= 4 is 11.7 Å². The summed E-state index contributed by atoms with van der Waals surface area (Å²) in [6.45, 7) is 3.56. The third-order valence-electron chi connectivity index (χ3n) is 4.28. The minimum Gasteiger partial charge on any atom is -0.467 e. The standard InChI is InChI=1S/C17H22N4O2/c1-2-13-6-3-4-10-21(13)16-9-8-15(19-20-16)17(22)18-12-14-7-5-11-23-14/h5,7-9,11,13H,2-4,6,10,12H2,1H3,(H,18,22). The normalized spacial score (nSPS) is 18.0. The summed E-state index contributed by atoms with van der Waals surface area (Å²) in [6, 6.07) is 7.76. The number of aromatic nitrogens is 2. The third kappa shape index (κ3) is 3.70. The Morgan fingerprint density at radius 2 is 2.26 bits per heavy atom. The molecule has 2 aromatic rings. The van der Waals surface area contributed by atoms with Gasteiger partial charge in [-0.15, -0.1) is 10.2 Å². The first kappa shape index (κ1) is 15.5. The number of hydrogen-bond acceptors (Lipinski definition) is 5. The van der Waals surface area contributed by atoms with Gasteiger partial charge in [0.15, 0.2) is 11.5 Å². The highest BCUT2D eigenvalue weighted by molar-refractivity contribution is 5.92. The number of piperidine rings is 1. The zero-order chi connectivity index (χ0) is 16.1. The Bertz CT molecular complexity index is 625. The first-order chi connectivity index (χ1) is 11.3. The van der Waals surface area contributed by atoms with Crippen molar-refractivity contribution in [2.45, 2.75) is 45.2 Å². The van der Waals surface area contributed by atoms with Crippen LogP contribution in [-0.2, 0) is 6.54 Å². The average molecular weight is 314 g/mol. The molecule has 1 saturated heterocycles. The quantitative estimate of drug-likeness (QED) is 0.919. The molecule has 2 aromatic heterocycles. The lowest BCUT2D eigenvalue weighted by atomic mass is 10.0. The van der Waals surface area contributed by atoms with E-state index in [1.165, 1.54) is 19.3 Å². The summed E-state index contributed by atoms with van der Waals surface area (Å²) < 4.78 is 5.18. The zero-order valence-electron chi connectivity index (χ0n) is 13.4. The molecule has 0 aromatic carbocycles. The topological polar surface area (TPSA) is 71.3 Å². The summed E-state index contributed by atoms with van der Waals surface area (Å²) in [5.41, 5.74) is 0.324. The van der Waals surface area contributed by atoms with E-state index in [9.17, 15) is 4.79 Å². The number of nitrogens with zero attached hydrogens (tertiary/aromatic N) is 3. The van der Waals surface area contributed by atoms with Crippen LogP contribution < -0.4 is 10.2 Å². The van der Waals surface area contributed by atoms with Crippen molar-refractivity contribution in [2.75, 3.05) is 11.4 Å². The van der Waals surface area contributed by atoms with Crippen LogP contribution in [0, 0.1) is 0 Å². The minimum atomic E-state index is -0.244. The van der Waals surface area contributed by atoms with Crippen molar-refractivity contribution in [1.29, 1.82) is 0 Å². The van der Waals surface area contributed by atoms with Crippen molar-refractivity contribution in [3.05, 3.63) is 42.0 Å². The Kier molecular flexibility index (Phi) is 4.90. The second-order valence-corrected chi connectivity index (χ2v) is 5.79. The molecular formula is C17H22N4O2.